The van der Waals surface area contributed by atoms with Crippen LogP contribution in [0.4, 0.5) is 10.1 Å². The van der Waals surface area contributed by atoms with Gasteiger partial charge >= 0.3 is 5.97 Å². The highest BCUT2D eigenvalue weighted by atomic mass is 32.2. The average Bonchev–Trinajstić information content (AvgIpc) is 2.51. The summed E-state index contributed by atoms with van der Waals surface area (Å²) >= 11 is 1.13. The summed E-state index contributed by atoms with van der Waals surface area (Å²) in [6, 6.07) is 5.37. The number of halogens is 1. The van der Waals surface area contributed by atoms with E-state index in [0.717, 1.165) is 11.8 Å². The number of amides is 2. The molecule has 0 saturated heterocycles. The third kappa shape index (κ3) is 7.14. The molecule has 1 aromatic rings. The number of carboxylic acid groups (broad SMARTS) is 1. The molecule has 0 aliphatic rings. The molecule has 6 nitrogen and oxygen atoms in total. The van der Waals surface area contributed by atoms with Crippen LogP contribution < -0.4 is 10.6 Å². The third-order valence-electron chi connectivity index (χ3n) is 2.97. The standard InChI is InChI=1S/C15H19FN2O4S/c1-9(15(21)22)7-17-14(20)10(2)23-8-13(19)18-12-5-3-11(16)4-6-12/h3-6,9-10H,7-8H2,1-2H3,(H,17,20)(H,18,19)(H,21,22). The van der Waals surface area contributed by atoms with Crippen molar-refractivity contribution in [2.75, 3.05) is 17.6 Å². The van der Waals surface area contributed by atoms with Crippen molar-refractivity contribution in [2.45, 2.75) is 19.1 Å². The van der Waals surface area contributed by atoms with Gasteiger partial charge in [0.05, 0.1) is 16.9 Å². The summed E-state index contributed by atoms with van der Waals surface area (Å²) in [4.78, 5) is 34.2. The van der Waals surface area contributed by atoms with Gasteiger partial charge in [0.2, 0.25) is 11.8 Å². The van der Waals surface area contributed by atoms with Gasteiger partial charge in [0.15, 0.2) is 0 Å². The van der Waals surface area contributed by atoms with Gasteiger partial charge < -0.3 is 15.7 Å². The van der Waals surface area contributed by atoms with Gasteiger partial charge in [-0.3, -0.25) is 14.4 Å². The molecule has 2 atom stereocenters. The van der Waals surface area contributed by atoms with Crippen molar-refractivity contribution in [3.63, 3.8) is 0 Å². The number of rotatable bonds is 8. The van der Waals surface area contributed by atoms with Crippen molar-refractivity contribution in [2.24, 2.45) is 5.92 Å². The van der Waals surface area contributed by atoms with Crippen molar-refractivity contribution >= 4 is 35.2 Å². The first-order valence-corrected chi connectivity index (χ1v) is 8.02. The van der Waals surface area contributed by atoms with Crippen molar-refractivity contribution < 1.29 is 23.9 Å². The molecule has 0 aliphatic heterocycles. The Morgan fingerprint density at radius 3 is 2.39 bits per heavy atom. The third-order valence-corrected chi connectivity index (χ3v) is 4.11. The van der Waals surface area contributed by atoms with Gasteiger partial charge in [0.1, 0.15) is 5.82 Å². The van der Waals surface area contributed by atoms with Crippen LogP contribution in [0.5, 0.6) is 0 Å². The summed E-state index contributed by atoms with van der Waals surface area (Å²) in [5.41, 5.74) is 0.476. The van der Waals surface area contributed by atoms with Crippen LogP contribution in [-0.2, 0) is 14.4 Å². The number of aliphatic carboxylic acids is 1. The first-order valence-electron chi connectivity index (χ1n) is 6.97. The van der Waals surface area contributed by atoms with Crippen LogP contribution >= 0.6 is 11.8 Å². The fourth-order valence-electron chi connectivity index (χ4n) is 1.49. The van der Waals surface area contributed by atoms with E-state index in [4.69, 9.17) is 5.11 Å². The first-order chi connectivity index (χ1) is 10.8. The molecule has 0 aromatic heterocycles. The Bertz CT molecular complexity index is 565. The number of carboxylic acids is 1. The van der Waals surface area contributed by atoms with E-state index >= 15 is 0 Å². The normalized spacial score (nSPS) is 13.0. The quantitative estimate of drug-likeness (QED) is 0.669. The summed E-state index contributed by atoms with van der Waals surface area (Å²) in [6.07, 6.45) is 0. The summed E-state index contributed by atoms with van der Waals surface area (Å²) in [5, 5.41) is 13.4. The van der Waals surface area contributed by atoms with Crippen LogP contribution in [-0.4, -0.2) is 40.4 Å². The van der Waals surface area contributed by atoms with Crippen molar-refractivity contribution in [3.8, 4) is 0 Å². The molecule has 0 radical (unpaired) electrons. The average molecular weight is 342 g/mol. The van der Waals surface area contributed by atoms with E-state index in [9.17, 15) is 18.8 Å². The molecule has 2 amide bonds. The van der Waals surface area contributed by atoms with Crippen molar-refractivity contribution in [3.05, 3.63) is 30.1 Å². The zero-order chi connectivity index (χ0) is 17.4. The number of benzene rings is 1. The Morgan fingerprint density at radius 2 is 1.83 bits per heavy atom. The maximum atomic E-state index is 12.7. The lowest BCUT2D eigenvalue weighted by Gasteiger charge is -2.13. The maximum absolute atomic E-state index is 12.7. The molecular weight excluding hydrogens is 323 g/mol. The predicted octanol–water partition coefficient (Wildman–Crippen LogP) is 1.72. The number of thioether (sulfide) groups is 1. The molecule has 0 heterocycles. The highest BCUT2D eigenvalue weighted by Gasteiger charge is 2.17. The number of carbonyl (C=O) groups is 3. The Balaban J connectivity index is 2.32. The Kier molecular flexibility index (Phi) is 7.53. The van der Waals surface area contributed by atoms with E-state index in [1.807, 2.05) is 0 Å². The summed E-state index contributed by atoms with van der Waals surface area (Å²) < 4.78 is 12.7. The largest absolute Gasteiger partial charge is 0.481 e. The summed E-state index contributed by atoms with van der Waals surface area (Å²) in [6.45, 7) is 3.17. The van der Waals surface area contributed by atoms with Crippen LogP contribution in [0.25, 0.3) is 0 Å². The number of carbonyl (C=O) groups excluding carboxylic acids is 2. The van der Waals surface area contributed by atoms with E-state index in [1.165, 1.54) is 31.2 Å². The molecule has 126 valence electrons. The molecule has 8 heteroatoms. The number of anilines is 1. The van der Waals surface area contributed by atoms with Gasteiger partial charge in [-0.2, -0.15) is 0 Å². The molecule has 1 aromatic carbocycles. The van der Waals surface area contributed by atoms with E-state index in [-0.39, 0.29) is 24.1 Å². The monoisotopic (exact) mass is 342 g/mol. The molecular formula is C15H19FN2O4S. The second-order valence-electron chi connectivity index (χ2n) is 4.99. The second-order valence-corrected chi connectivity index (χ2v) is 6.32. The minimum absolute atomic E-state index is 0.0425. The topological polar surface area (TPSA) is 95.5 Å². The lowest BCUT2D eigenvalue weighted by molar-refractivity contribution is -0.141. The smallest absolute Gasteiger partial charge is 0.308 e. The van der Waals surface area contributed by atoms with E-state index in [1.54, 1.807) is 6.92 Å². The first kappa shape index (κ1) is 19.0. The van der Waals surface area contributed by atoms with Crippen LogP contribution in [0.15, 0.2) is 24.3 Å². The summed E-state index contributed by atoms with van der Waals surface area (Å²) in [7, 11) is 0. The van der Waals surface area contributed by atoms with Gasteiger partial charge in [0, 0.05) is 12.2 Å². The Morgan fingerprint density at radius 1 is 1.22 bits per heavy atom. The molecule has 2 unspecified atom stereocenters. The van der Waals surface area contributed by atoms with Crippen LogP contribution in [0.3, 0.4) is 0 Å². The zero-order valence-corrected chi connectivity index (χ0v) is 13.7. The van der Waals surface area contributed by atoms with Gasteiger partial charge in [-0.1, -0.05) is 6.92 Å². The van der Waals surface area contributed by atoms with E-state index in [0.29, 0.717) is 5.69 Å². The molecule has 0 saturated carbocycles. The minimum Gasteiger partial charge on any atom is -0.481 e. The molecule has 0 bridgehead atoms. The molecule has 0 fully saturated rings. The highest BCUT2D eigenvalue weighted by Crippen LogP contribution is 2.13. The Hall–Kier alpha value is -2.09. The van der Waals surface area contributed by atoms with Gasteiger partial charge in [-0.05, 0) is 31.2 Å². The Labute approximate surface area is 137 Å². The van der Waals surface area contributed by atoms with Crippen molar-refractivity contribution in [1.29, 1.82) is 0 Å². The fraction of sp³-hybridized carbons (Fsp3) is 0.400. The molecule has 1 rings (SSSR count). The van der Waals surface area contributed by atoms with Crippen LogP contribution in [0.2, 0.25) is 0 Å². The van der Waals surface area contributed by atoms with Gasteiger partial charge in [-0.15, -0.1) is 11.8 Å². The second kappa shape index (κ2) is 9.14. The summed E-state index contributed by atoms with van der Waals surface area (Å²) in [5.74, 6) is -2.61. The number of hydrogen-bond donors (Lipinski definition) is 3. The highest BCUT2D eigenvalue weighted by molar-refractivity contribution is 8.01. The zero-order valence-electron chi connectivity index (χ0n) is 12.8. The van der Waals surface area contributed by atoms with E-state index in [2.05, 4.69) is 10.6 Å². The SMILES string of the molecule is CC(CNC(=O)C(C)SCC(=O)Nc1ccc(F)cc1)C(=O)O. The van der Waals surface area contributed by atoms with Crippen LogP contribution in [0.1, 0.15) is 13.8 Å². The maximum Gasteiger partial charge on any atom is 0.308 e. The minimum atomic E-state index is -0.982. The molecule has 23 heavy (non-hydrogen) atoms. The van der Waals surface area contributed by atoms with Gasteiger partial charge in [0.25, 0.3) is 0 Å². The molecule has 3 N–H and O–H groups in total. The van der Waals surface area contributed by atoms with Gasteiger partial charge in [-0.25, -0.2) is 4.39 Å². The van der Waals surface area contributed by atoms with Crippen LogP contribution in [0, 0.1) is 11.7 Å². The number of hydrogen-bond acceptors (Lipinski definition) is 4. The fourth-order valence-corrected chi connectivity index (χ4v) is 2.20. The predicted molar refractivity (Wildman–Crippen MR) is 86.8 cm³/mol. The molecule has 0 aliphatic carbocycles. The van der Waals surface area contributed by atoms with E-state index < -0.39 is 23.0 Å². The lowest BCUT2D eigenvalue weighted by Crippen LogP contribution is -2.36. The number of nitrogens with one attached hydrogen (secondary N) is 2. The lowest BCUT2D eigenvalue weighted by atomic mass is 10.2. The molecule has 0 spiro atoms. The van der Waals surface area contributed by atoms with Crippen molar-refractivity contribution in [1.82, 2.24) is 5.32 Å².